The quantitative estimate of drug-likeness (QED) is 0.633. The van der Waals surface area contributed by atoms with E-state index in [2.05, 4.69) is 13.8 Å². The minimum Gasteiger partial charge on any atom is -0.480 e. The minimum absolute atomic E-state index is 0.0692. The molecule has 0 aromatic carbocycles. The van der Waals surface area contributed by atoms with Gasteiger partial charge in [0.15, 0.2) is 0 Å². The van der Waals surface area contributed by atoms with Crippen LogP contribution in [0, 0.1) is 11.8 Å². The number of aliphatic hydroxyl groups is 1. The second-order valence-electron chi connectivity index (χ2n) is 5.73. The summed E-state index contributed by atoms with van der Waals surface area (Å²) >= 11 is 0. The summed E-state index contributed by atoms with van der Waals surface area (Å²) in [4.78, 5) is 24.5. The average Bonchev–Trinajstić information content (AvgIpc) is 2.70. The van der Waals surface area contributed by atoms with Crippen LogP contribution in [0.4, 0.5) is 0 Å². The number of nitrogens with two attached hydrogens (primary N) is 1. The van der Waals surface area contributed by atoms with Crippen molar-refractivity contribution in [1.82, 2.24) is 4.90 Å². The van der Waals surface area contributed by atoms with Crippen LogP contribution >= 0.6 is 0 Å². The molecule has 6 nitrogen and oxygen atoms in total. The number of likely N-dealkylation sites (tertiary alicyclic amines) is 1. The SMILES string of the molecule is CC(C)CC(CN)CC(=O)N1CC(O)CC1C(=O)O. The highest BCUT2D eigenvalue weighted by molar-refractivity contribution is 5.84. The number of hydrogen-bond acceptors (Lipinski definition) is 4. The highest BCUT2D eigenvalue weighted by Crippen LogP contribution is 2.22. The molecular weight excluding hydrogens is 248 g/mol. The van der Waals surface area contributed by atoms with Gasteiger partial charge in [-0.2, -0.15) is 0 Å². The number of carboxylic acid groups (broad SMARTS) is 1. The molecule has 0 aromatic rings. The third-order valence-electron chi connectivity index (χ3n) is 3.49. The van der Waals surface area contributed by atoms with Crippen LogP contribution in [-0.2, 0) is 9.59 Å². The van der Waals surface area contributed by atoms with E-state index < -0.39 is 18.1 Å². The van der Waals surface area contributed by atoms with E-state index in [4.69, 9.17) is 10.8 Å². The van der Waals surface area contributed by atoms with Gasteiger partial charge < -0.3 is 20.8 Å². The van der Waals surface area contributed by atoms with Crippen LogP contribution in [0.5, 0.6) is 0 Å². The van der Waals surface area contributed by atoms with Gasteiger partial charge in [0, 0.05) is 19.4 Å². The standard InChI is InChI=1S/C13H24N2O4/c1-8(2)3-9(6-14)4-12(17)15-7-10(16)5-11(15)13(18)19/h8-11,16H,3-7,14H2,1-2H3,(H,18,19). The predicted molar refractivity (Wildman–Crippen MR) is 70.4 cm³/mol. The monoisotopic (exact) mass is 272 g/mol. The zero-order valence-electron chi connectivity index (χ0n) is 11.6. The molecule has 0 saturated carbocycles. The maximum Gasteiger partial charge on any atom is 0.326 e. The van der Waals surface area contributed by atoms with Gasteiger partial charge in [0.1, 0.15) is 6.04 Å². The van der Waals surface area contributed by atoms with Gasteiger partial charge in [-0.05, 0) is 24.8 Å². The number of carboxylic acids is 1. The topological polar surface area (TPSA) is 104 Å². The maximum atomic E-state index is 12.2. The van der Waals surface area contributed by atoms with E-state index in [1.165, 1.54) is 4.90 Å². The summed E-state index contributed by atoms with van der Waals surface area (Å²) < 4.78 is 0. The summed E-state index contributed by atoms with van der Waals surface area (Å²) in [5, 5.41) is 18.6. The molecule has 0 aliphatic carbocycles. The van der Waals surface area contributed by atoms with Crippen molar-refractivity contribution in [1.29, 1.82) is 0 Å². The van der Waals surface area contributed by atoms with Gasteiger partial charge in [-0.1, -0.05) is 13.8 Å². The fraction of sp³-hybridized carbons (Fsp3) is 0.846. The average molecular weight is 272 g/mol. The molecular formula is C13H24N2O4. The van der Waals surface area contributed by atoms with E-state index in [1.54, 1.807) is 0 Å². The van der Waals surface area contributed by atoms with Crippen molar-refractivity contribution in [3.05, 3.63) is 0 Å². The Hall–Kier alpha value is -1.14. The smallest absolute Gasteiger partial charge is 0.326 e. The van der Waals surface area contributed by atoms with Gasteiger partial charge in [0.2, 0.25) is 5.91 Å². The summed E-state index contributed by atoms with van der Waals surface area (Å²) in [6.07, 6.45) is 0.464. The summed E-state index contributed by atoms with van der Waals surface area (Å²) in [5.74, 6) is -0.765. The molecule has 19 heavy (non-hydrogen) atoms. The third-order valence-corrected chi connectivity index (χ3v) is 3.49. The number of β-amino-alcohol motifs (C(OH)–C–C–N with tert-alkyl or cyclic N) is 1. The third kappa shape index (κ3) is 4.47. The minimum atomic E-state index is -1.06. The summed E-state index contributed by atoms with van der Waals surface area (Å²) in [6, 6.07) is -0.903. The lowest BCUT2D eigenvalue weighted by Crippen LogP contribution is -2.41. The number of nitrogens with zero attached hydrogens (tertiary/aromatic N) is 1. The molecule has 1 fully saturated rings. The molecule has 1 heterocycles. The van der Waals surface area contributed by atoms with Crippen LogP contribution in [0.2, 0.25) is 0 Å². The molecule has 110 valence electrons. The molecule has 0 spiro atoms. The van der Waals surface area contributed by atoms with Crippen molar-refractivity contribution in [3.8, 4) is 0 Å². The first kappa shape index (κ1) is 15.9. The van der Waals surface area contributed by atoms with E-state index >= 15 is 0 Å². The lowest BCUT2D eigenvalue weighted by molar-refractivity contribution is -0.148. The van der Waals surface area contributed by atoms with Crippen LogP contribution in [0.25, 0.3) is 0 Å². The van der Waals surface area contributed by atoms with Crippen molar-refractivity contribution in [3.63, 3.8) is 0 Å². The van der Waals surface area contributed by atoms with Crippen LogP contribution < -0.4 is 5.73 Å². The Kier molecular flexibility index (Phi) is 5.75. The maximum absolute atomic E-state index is 12.2. The first-order valence-corrected chi connectivity index (χ1v) is 6.75. The van der Waals surface area contributed by atoms with Crippen LogP contribution in [0.15, 0.2) is 0 Å². The highest BCUT2D eigenvalue weighted by Gasteiger charge is 2.39. The van der Waals surface area contributed by atoms with Crippen LogP contribution in [0.3, 0.4) is 0 Å². The molecule has 4 N–H and O–H groups in total. The molecule has 6 heteroatoms. The van der Waals surface area contributed by atoms with Gasteiger partial charge in [-0.15, -0.1) is 0 Å². The van der Waals surface area contributed by atoms with Gasteiger partial charge >= 0.3 is 5.97 Å². The first-order chi connectivity index (χ1) is 8.85. The number of amides is 1. The van der Waals surface area contributed by atoms with Gasteiger partial charge in [-0.3, -0.25) is 4.79 Å². The fourth-order valence-electron chi connectivity index (χ4n) is 2.62. The molecule has 3 atom stereocenters. The van der Waals surface area contributed by atoms with E-state index in [0.29, 0.717) is 12.5 Å². The number of rotatable bonds is 6. The molecule has 1 aliphatic heterocycles. The highest BCUT2D eigenvalue weighted by atomic mass is 16.4. The van der Waals surface area contributed by atoms with Crippen molar-refractivity contribution >= 4 is 11.9 Å². The molecule has 1 saturated heterocycles. The summed E-state index contributed by atoms with van der Waals surface area (Å²) in [7, 11) is 0. The Morgan fingerprint density at radius 3 is 2.53 bits per heavy atom. The van der Waals surface area contributed by atoms with E-state index in [9.17, 15) is 14.7 Å². The fourth-order valence-corrected chi connectivity index (χ4v) is 2.62. The Balaban J connectivity index is 2.63. The van der Waals surface area contributed by atoms with Crippen LogP contribution in [0.1, 0.15) is 33.1 Å². The Morgan fingerprint density at radius 1 is 1.42 bits per heavy atom. The Bertz CT molecular complexity index is 333. The Morgan fingerprint density at radius 2 is 2.05 bits per heavy atom. The van der Waals surface area contributed by atoms with Crippen molar-refractivity contribution < 1.29 is 19.8 Å². The number of aliphatic carboxylic acids is 1. The second-order valence-corrected chi connectivity index (χ2v) is 5.73. The number of carbonyl (C=O) groups excluding carboxylic acids is 1. The molecule has 0 bridgehead atoms. The lowest BCUT2D eigenvalue weighted by atomic mass is 9.93. The number of carbonyl (C=O) groups is 2. The molecule has 0 radical (unpaired) electrons. The largest absolute Gasteiger partial charge is 0.480 e. The van der Waals surface area contributed by atoms with Gasteiger partial charge in [0.25, 0.3) is 0 Å². The number of aliphatic hydroxyl groups excluding tert-OH is 1. The molecule has 1 amide bonds. The van der Waals surface area contributed by atoms with Crippen LogP contribution in [-0.4, -0.2) is 52.2 Å². The van der Waals surface area contributed by atoms with Gasteiger partial charge in [-0.25, -0.2) is 4.79 Å². The summed E-state index contributed by atoms with van der Waals surface area (Å²) in [6.45, 7) is 4.65. The van der Waals surface area contributed by atoms with Gasteiger partial charge in [0.05, 0.1) is 6.10 Å². The number of hydrogen-bond donors (Lipinski definition) is 3. The molecule has 3 unspecified atom stereocenters. The zero-order chi connectivity index (χ0) is 14.6. The molecule has 1 aliphatic rings. The van der Waals surface area contributed by atoms with Crippen molar-refractivity contribution in [2.75, 3.05) is 13.1 Å². The Labute approximate surface area is 113 Å². The second kappa shape index (κ2) is 6.86. The lowest BCUT2D eigenvalue weighted by Gasteiger charge is -2.24. The zero-order valence-corrected chi connectivity index (χ0v) is 11.6. The summed E-state index contributed by atoms with van der Waals surface area (Å²) in [5.41, 5.74) is 5.65. The van der Waals surface area contributed by atoms with Crippen molar-refractivity contribution in [2.45, 2.75) is 45.3 Å². The molecule has 1 rings (SSSR count). The predicted octanol–water partition coefficient (Wildman–Crippen LogP) is 0.0439. The van der Waals surface area contributed by atoms with E-state index in [0.717, 1.165) is 6.42 Å². The molecule has 0 aromatic heterocycles. The van der Waals surface area contributed by atoms with E-state index in [1.807, 2.05) is 0 Å². The van der Waals surface area contributed by atoms with Crippen molar-refractivity contribution in [2.24, 2.45) is 17.6 Å². The first-order valence-electron chi connectivity index (χ1n) is 6.75. The van der Waals surface area contributed by atoms with E-state index in [-0.39, 0.29) is 31.2 Å². The normalized spacial score (nSPS) is 24.8.